The molecule has 1 heterocycles. The Morgan fingerprint density at radius 3 is 2.06 bits per heavy atom. The van der Waals surface area contributed by atoms with Crippen LogP contribution in [0.1, 0.15) is 43.4 Å². The van der Waals surface area contributed by atoms with E-state index < -0.39 is 11.3 Å². The van der Waals surface area contributed by atoms with Gasteiger partial charge in [0.05, 0.1) is 5.54 Å². The number of aryl methyl sites for hydroxylation is 2. The van der Waals surface area contributed by atoms with Gasteiger partial charge >= 0.3 is 6.03 Å². The Labute approximate surface area is 195 Å². The first kappa shape index (κ1) is 22.4. The van der Waals surface area contributed by atoms with Crippen molar-refractivity contribution >= 4 is 29.0 Å². The molecule has 4 rings (SSSR count). The lowest BCUT2D eigenvalue weighted by Crippen LogP contribution is -2.58. The van der Waals surface area contributed by atoms with Crippen LogP contribution in [0.25, 0.3) is 0 Å². The molecule has 1 aliphatic rings. The van der Waals surface area contributed by atoms with Gasteiger partial charge in [0.1, 0.15) is 0 Å². The fourth-order valence-corrected chi connectivity index (χ4v) is 5.02. The number of benzene rings is 3. The van der Waals surface area contributed by atoms with Crippen LogP contribution in [0, 0.1) is 13.8 Å². The van der Waals surface area contributed by atoms with Gasteiger partial charge in [-0.1, -0.05) is 72.5 Å². The Hall–Kier alpha value is -2.82. The Morgan fingerprint density at radius 2 is 1.47 bits per heavy atom. The van der Waals surface area contributed by atoms with Crippen molar-refractivity contribution in [3.63, 3.8) is 0 Å². The minimum atomic E-state index is -1.59. The number of rotatable bonds is 5. The monoisotopic (exact) mass is 448 g/mol. The van der Waals surface area contributed by atoms with Gasteiger partial charge in [-0.05, 0) is 63.6 Å². The fraction of sp³-hybridized carbons (Fsp3) is 0.296. The van der Waals surface area contributed by atoms with E-state index in [4.69, 9.17) is 11.6 Å². The molecule has 0 aliphatic carbocycles. The smallest absolute Gasteiger partial charge is 0.332 e. The summed E-state index contributed by atoms with van der Waals surface area (Å²) in [6.07, 6.45) is 1.41. The van der Waals surface area contributed by atoms with Crippen molar-refractivity contribution in [3.05, 3.63) is 94.5 Å². The molecular weight excluding hydrogens is 420 g/mol. The van der Waals surface area contributed by atoms with Crippen LogP contribution in [0.3, 0.4) is 0 Å². The minimum absolute atomic E-state index is 0.267. The maximum Gasteiger partial charge on any atom is 0.332 e. The lowest BCUT2D eigenvalue weighted by molar-refractivity contribution is -0.0140. The number of amides is 2. The molecule has 5 heteroatoms. The lowest BCUT2D eigenvalue weighted by Gasteiger charge is -2.45. The summed E-state index contributed by atoms with van der Waals surface area (Å²) in [4.78, 5) is 17.4. The number of nitrogens with zero attached hydrogens (tertiary/aromatic N) is 2. The van der Waals surface area contributed by atoms with Crippen molar-refractivity contribution in [3.8, 4) is 0 Å². The average Bonchev–Trinajstić information content (AvgIpc) is 2.93. The highest BCUT2D eigenvalue weighted by Gasteiger charge is 2.65. The quantitative estimate of drug-likeness (QED) is 0.466. The third-order valence-electron chi connectivity index (χ3n) is 6.49. The molecular formula is C27H29ClN2O2. The van der Waals surface area contributed by atoms with Gasteiger partial charge in [-0.15, -0.1) is 0 Å². The molecule has 3 aromatic rings. The van der Waals surface area contributed by atoms with Crippen molar-refractivity contribution in [1.29, 1.82) is 0 Å². The van der Waals surface area contributed by atoms with E-state index >= 15 is 0 Å². The number of carbonyl (C=O) groups is 1. The van der Waals surface area contributed by atoms with Gasteiger partial charge in [-0.25, -0.2) is 4.79 Å². The molecule has 4 nitrogen and oxygen atoms in total. The van der Waals surface area contributed by atoms with Crippen molar-refractivity contribution in [2.24, 2.45) is 0 Å². The van der Waals surface area contributed by atoms with Crippen molar-refractivity contribution in [1.82, 2.24) is 0 Å². The second-order valence-electron chi connectivity index (χ2n) is 8.83. The number of carbonyl (C=O) groups excluding carboxylic acids is 1. The summed E-state index contributed by atoms with van der Waals surface area (Å²) in [6.45, 7) is 8.06. The van der Waals surface area contributed by atoms with E-state index in [1.807, 2.05) is 69.3 Å². The van der Waals surface area contributed by atoms with Crippen molar-refractivity contribution in [2.45, 2.75) is 51.8 Å². The van der Waals surface area contributed by atoms with E-state index in [0.29, 0.717) is 22.7 Å². The summed E-state index contributed by atoms with van der Waals surface area (Å²) in [7, 11) is 0. The normalized spacial score (nSPS) is 23.1. The number of hydrogen-bond acceptors (Lipinski definition) is 2. The highest BCUT2D eigenvalue weighted by molar-refractivity contribution is 6.30. The lowest BCUT2D eigenvalue weighted by atomic mass is 9.78. The topological polar surface area (TPSA) is 43.8 Å². The Balaban J connectivity index is 2.01. The van der Waals surface area contributed by atoms with Crippen LogP contribution in [0.2, 0.25) is 5.02 Å². The fourth-order valence-electron chi connectivity index (χ4n) is 4.90. The molecule has 3 aromatic carbocycles. The summed E-state index contributed by atoms with van der Waals surface area (Å²) in [5.74, 6) is 0. The summed E-state index contributed by atoms with van der Waals surface area (Å²) >= 11 is 6.13. The Bertz CT molecular complexity index is 1130. The minimum Gasteiger partial charge on any atom is -0.364 e. The zero-order valence-corrected chi connectivity index (χ0v) is 19.7. The third kappa shape index (κ3) is 3.39. The molecule has 1 fully saturated rings. The molecule has 2 unspecified atom stereocenters. The number of anilines is 2. The second-order valence-corrected chi connectivity index (χ2v) is 9.27. The molecule has 1 N–H and O–H groups in total. The zero-order chi connectivity index (χ0) is 23.1. The van der Waals surface area contributed by atoms with Crippen LogP contribution in [0.4, 0.5) is 16.2 Å². The van der Waals surface area contributed by atoms with Crippen LogP contribution in [-0.2, 0) is 5.72 Å². The standard InChI is InChI=1S/C27H29ClN2O2/c1-5-17-26(4)27(32,21-8-6-7-20(3)18-21)30(24-15-11-22(28)12-16-24)25(31)29(26)23-13-9-19(2)10-14-23/h6-16,18,32H,5,17H2,1-4H3. The first-order valence-electron chi connectivity index (χ1n) is 11.0. The molecule has 0 spiro atoms. The third-order valence-corrected chi connectivity index (χ3v) is 6.74. The van der Waals surface area contributed by atoms with Gasteiger partial charge < -0.3 is 5.11 Å². The Kier molecular flexibility index (Phi) is 5.78. The van der Waals surface area contributed by atoms with E-state index in [1.165, 1.54) is 4.90 Å². The predicted molar refractivity (Wildman–Crippen MR) is 131 cm³/mol. The summed E-state index contributed by atoms with van der Waals surface area (Å²) in [5.41, 5.74) is 1.67. The molecule has 0 aromatic heterocycles. The van der Waals surface area contributed by atoms with Gasteiger partial charge in [-0.3, -0.25) is 9.80 Å². The zero-order valence-electron chi connectivity index (χ0n) is 19.0. The van der Waals surface area contributed by atoms with Crippen molar-refractivity contribution in [2.75, 3.05) is 9.80 Å². The largest absolute Gasteiger partial charge is 0.364 e. The molecule has 1 aliphatic heterocycles. The number of urea groups is 1. The van der Waals surface area contributed by atoms with Crippen LogP contribution in [0.5, 0.6) is 0 Å². The first-order chi connectivity index (χ1) is 15.2. The van der Waals surface area contributed by atoms with Crippen LogP contribution in [0.15, 0.2) is 72.8 Å². The molecule has 1 saturated heterocycles. The van der Waals surface area contributed by atoms with E-state index in [-0.39, 0.29) is 6.03 Å². The van der Waals surface area contributed by atoms with Gasteiger partial charge in [0.2, 0.25) is 0 Å². The average molecular weight is 449 g/mol. The number of hydrogen-bond donors (Lipinski definition) is 1. The Morgan fingerprint density at radius 1 is 0.875 bits per heavy atom. The predicted octanol–water partition coefficient (Wildman–Crippen LogP) is 6.81. The molecule has 0 saturated carbocycles. The molecule has 2 amide bonds. The SMILES string of the molecule is CCCC1(C)N(c2ccc(C)cc2)C(=O)N(c2ccc(Cl)cc2)C1(O)c1cccc(C)c1. The van der Waals surface area contributed by atoms with Gasteiger partial charge in [0.25, 0.3) is 0 Å². The molecule has 0 bridgehead atoms. The van der Waals surface area contributed by atoms with Gasteiger partial charge in [0, 0.05) is 22.0 Å². The number of halogens is 1. The molecule has 166 valence electrons. The van der Waals surface area contributed by atoms with Crippen LogP contribution in [-0.4, -0.2) is 16.7 Å². The van der Waals surface area contributed by atoms with Crippen LogP contribution >= 0.6 is 11.6 Å². The highest BCUT2D eigenvalue weighted by atomic mass is 35.5. The number of aliphatic hydroxyl groups is 1. The van der Waals surface area contributed by atoms with Gasteiger partial charge in [0.15, 0.2) is 5.72 Å². The summed E-state index contributed by atoms with van der Waals surface area (Å²) in [6, 6.07) is 22.4. The maximum absolute atomic E-state index is 14.1. The van der Waals surface area contributed by atoms with E-state index in [1.54, 1.807) is 29.2 Å². The molecule has 0 radical (unpaired) electrons. The highest BCUT2D eigenvalue weighted by Crippen LogP contribution is 2.52. The van der Waals surface area contributed by atoms with E-state index in [2.05, 4.69) is 6.92 Å². The van der Waals surface area contributed by atoms with E-state index in [0.717, 1.165) is 23.2 Å². The maximum atomic E-state index is 14.1. The van der Waals surface area contributed by atoms with Crippen molar-refractivity contribution < 1.29 is 9.90 Å². The summed E-state index contributed by atoms with van der Waals surface area (Å²) in [5, 5.41) is 13.2. The molecule has 32 heavy (non-hydrogen) atoms. The van der Waals surface area contributed by atoms with Crippen LogP contribution < -0.4 is 9.80 Å². The second kappa shape index (κ2) is 8.27. The van der Waals surface area contributed by atoms with Gasteiger partial charge in [-0.2, -0.15) is 0 Å². The molecule has 2 atom stereocenters. The first-order valence-corrected chi connectivity index (χ1v) is 11.4. The van der Waals surface area contributed by atoms with E-state index in [9.17, 15) is 9.90 Å². The summed E-state index contributed by atoms with van der Waals surface area (Å²) < 4.78 is 0.